The van der Waals surface area contributed by atoms with E-state index in [2.05, 4.69) is 7.05 Å². The van der Waals surface area contributed by atoms with Crippen LogP contribution in [0.3, 0.4) is 0 Å². The van der Waals surface area contributed by atoms with Gasteiger partial charge in [0.25, 0.3) is 0 Å². The first kappa shape index (κ1) is 22.3. The molecule has 2 unspecified atom stereocenters. The Morgan fingerprint density at radius 2 is 1.94 bits per heavy atom. The molecule has 1 saturated heterocycles. The van der Waals surface area contributed by atoms with Crippen LogP contribution in [0.2, 0.25) is 0 Å². The number of furan rings is 1. The van der Waals surface area contributed by atoms with Crippen LogP contribution in [0.5, 0.6) is 11.5 Å². The lowest BCUT2D eigenvalue weighted by molar-refractivity contribution is -0.922. The van der Waals surface area contributed by atoms with Crippen LogP contribution in [-0.4, -0.2) is 49.5 Å². The third-order valence-electron chi connectivity index (χ3n) is 6.27. The summed E-state index contributed by atoms with van der Waals surface area (Å²) < 4.78 is 17.8. The Kier molecular flexibility index (Phi) is 6.21. The van der Waals surface area contributed by atoms with Gasteiger partial charge in [-0.15, -0.1) is 11.3 Å². The van der Waals surface area contributed by atoms with Gasteiger partial charge in [-0.3, -0.25) is 14.9 Å². The standard InChI is InChI=1S/C23H27N2O6S/c1-25(14-17-6-7-22(31-17)24(27)28)9-4-5-15(8-10-25)23(26)21-12-16-11-18(29-2)19(30-3)13-20(16)32-21/h6-7,11-13,15H,4-5,8-10,14H2,1-3H3/q+1. The van der Waals surface area contributed by atoms with Gasteiger partial charge in [0.15, 0.2) is 23.0 Å². The molecule has 9 heteroatoms. The Hall–Kier alpha value is -2.91. The normalized spacial score (nSPS) is 21.3. The molecule has 1 aliphatic rings. The van der Waals surface area contributed by atoms with Crippen molar-refractivity contribution in [3.8, 4) is 11.5 Å². The van der Waals surface area contributed by atoms with Gasteiger partial charge in [-0.05, 0) is 36.4 Å². The molecule has 0 bridgehead atoms. The molecule has 0 spiro atoms. The lowest BCUT2D eigenvalue weighted by Gasteiger charge is -2.32. The largest absolute Gasteiger partial charge is 0.493 e. The number of ether oxygens (including phenoxy) is 2. The maximum absolute atomic E-state index is 13.3. The summed E-state index contributed by atoms with van der Waals surface area (Å²) in [5.74, 6) is 1.84. The molecule has 0 amide bonds. The number of quaternary nitrogens is 1. The number of hydrogen-bond acceptors (Lipinski definition) is 7. The van der Waals surface area contributed by atoms with Crippen LogP contribution in [0.25, 0.3) is 10.1 Å². The van der Waals surface area contributed by atoms with Crippen LogP contribution in [0.15, 0.2) is 34.7 Å². The number of nitrogens with zero attached hydrogens (tertiary/aromatic N) is 2. The van der Waals surface area contributed by atoms with Gasteiger partial charge in [0.1, 0.15) is 11.5 Å². The lowest BCUT2D eigenvalue weighted by Crippen LogP contribution is -2.44. The molecule has 0 saturated carbocycles. The molecule has 4 rings (SSSR count). The predicted molar refractivity (Wildman–Crippen MR) is 122 cm³/mol. The van der Waals surface area contributed by atoms with Crippen LogP contribution in [0.4, 0.5) is 5.88 Å². The number of benzene rings is 1. The van der Waals surface area contributed by atoms with Crippen molar-refractivity contribution in [2.75, 3.05) is 34.4 Å². The molecule has 3 aromatic rings. The number of methoxy groups -OCH3 is 2. The number of nitro groups is 1. The van der Waals surface area contributed by atoms with Crippen molar-refractivity contribution in [2.24, 2.45) is 5.92 Å². The summed E-state index contributed by atoms with van der Waals surface area (Å²) in [6.07, 6.45) is 2.53. The number of rotatable bonds is 7. The summed E-state index contributed by atoms with van der Waals surface area (Å²) in [6, 6.07) is 8.85. The molecule has 170 valence electrons. The summed E-state index contributed by atoms with van der Waals surface area (Å²) in [6.45, 7) is 2.30. The molecular formula is C23H27N2O6S+. The lowest BCUT2D eigenvalue weighted by atomic mass is 9.94. The van der Waals surface area contributed by atoms with E-state index in [-0.39, 0.29) is 17.6 Å². The minimum Gasteiger partial charge on any atom is -0.493 e. The number of carbonyl (C=O) groups is 1. The third-order valence-corrected chi connectivity index (χ3v) is 7.38. The Labute approximate surface area is 190 Å². The molecule has 1 aromatic carbocycles. The maximum Gasteiger partial charge on any atom is 0.433 e. The minimum atomic E-state index is -0.517. The molecule has 32 heavy (non-hydrogen) atoms. The topological polar surface area (TPSA) is 91.8 Å². The highest BCUT2D eigenvalue weighted by molar-refractivity contribution is 7.20. The van der Waals surface area contributed by atoms with Gasteiger partial charge in [-0.2, -0.15) is 0 Å². The molecule has 2 atom stereocenters. The zero-order valence-electron chi connectivity index (χ0n) is 18.5. The highest BCUT2D eigenvalue weighted by Gasteiger charge is 2.33. The molecular weight excluding hydrogens is 432 g/mol. The van der Waals surface area contributed by atoms with Gasteiger partial charge in [0.2, 0.25) is 0 Å². The Balaban J connectivity index is 1.47. The van der Waals surface area contributed by atoms with E-state index in [1.165, 1.54) is 17.4 Å². The highest BCUT2D eigenvalue weighted by atomic mass is 32.1. The molecule has 1 aliphatic heterocycles. The van der Waals surface area contributed by atoms with Crippen LogP contribution in [0.1, 0.15) is 34.7 Å². The summed E-state index contributed by atoms with van der Waals surface area (Å²) >= 11 is 1.49. The third kappa shape index (κ3) is 4.49. The van der Waals surface area contributed by atoms with Crippen molar-refractivity contribution in [2.45, 2.75) is 25.8 Å². The molecule has 8 nitrogen and oxygen atoms in total. The van der Waals surface area contributed by atoms with Gasteiger partial charge in [-0.1, -0.05) is 0 Å². The summed E-state index contributed by atoms with van der Waals surface area (Å²) in [7, 11) is 5.33. The number of ketones is 1. The van der Waals surface area contributed by atoms with Crippen molar-refractivity contribution in [1.29, 1.82) is 0 Å². The SMILES string of the molecule is COc1cc2cc(C(=O)C3CCC[N+](C)(Cc4ccc([N+](=O)[O-])o4)CC3)sc2cc1OC. The van der Waals surface area contributed by atoms with Crippen LogP contribution in [0, 0.1) is 16.0 Å². The zero-order valence-corrected chi connectivity index (χ0v) is 19.3. The highest BCUT2D eigenvalue weighted by Crippen LogP contribution is 2.38. The minimum absolute atomic E-state index is 0.0299. The van der Waals surface area contributed by atoms with E-state index in [1.54, 1.807) is 20.3 Å². The quantitative estimate of drug-likeness (QED) is 0.212. The Morgan fingerprint density at radius 3 is 2.62 bits per heavy atom. The van der Waals surface area contributed by atoms with Gasteiger partial charge in [-0.25, -0.2) is 0 Å². The number of thiophene rings is 1. The van der Waals surface area contributed by atoms with Crippen LogP contribution >= 0.6 is 11.3 Å². The predicted octanol–water partition coefficient (Wildman–Crippen LogP) is 5.05. The average molecular weight is 460 g/mol. The van der Waals surface area contributed by atoms with E-state index in [0.717, 1.165) is 47.3 Å². The summed E-state index contributed by atoms with van der Waals surface area (Å²) in [4.78, 5) is 24.5. The first-order valence-electron chi connectivity index (χ1n) is 10.6. The zero-order chi connectivity index (χ0) is 22.9. The Morgan fingerprint density at radius 1 is 1.19 bits per heavy atom. The first-order chi connectivity index (χ1) is 15.3. The van der Waals surface area contributed by atoms with E-state index < -0.39 is 4.92 Å². The van der Waals surface area contributed by atoms with Crippen molar-refractivity contribution >= 4 is 33.1 Å². The van der Waals surface area contributed by atoms with Gasteiger partial charge in [0, 0.05) is 23.1 Å². The fourth-order valence-electron chi connectivity index (χ4n) is 4.48. The van der Waals surface area contributed by atoms with Gasteiger partial charge in [0.05, 0.1) is 45.3 Å². The average Bonchev–Trinajstić information content (AvgIpc) is 3.36. The van der Waals surface area contributed by atoms with E-state index in [1.807, 2.05) is 18.2 Å². The van der Waals surface area contributed by atoms with Crippen LogP contribution in [-0.2, 0) is 6.54 Å². The molecule has 0 N–H and O–H groups in total. The van der Waals surface area contributed by atoms with E-state index in [9.17, 15) is 14.9 Å². The second-order valence-electron chi connectivity index (χ2n) is 8.57. The van der Waals surface area contributed by atoms with Gasteiger partial charge >= 0.3 is 5.88 Å². The molecule has 0 radical (unpaired) electrons. The van der Waals surface area contributed by atoms with Gasteiger partial charge < -0.3 is 18.4 Å². The molecule has 0 aliphatic carbocycles. The second-order valence-corrected chi connectivity index (χ2v) is 9.65. The van der Waals surface area contributed by atoms with Crippen molar-refractivity contribution < 1.29 is 28.1 Å². The summed E-state index contributed by atoms with van der Waals surface area (Å²) in [5.41, 5.74) is 0. The van der Waals surface area contributed by atoms with Crippen molar-refractivity contribution in [3.63, 3.8) is 0 Å². The first-order valence-corrected chi connectivity index (χ1v) is 11.4. The monoisotopic (exact) mass is 459 g/mol. The fourth-order valence-corrected chi connectivity index (χ4v) is 5.57. The van der Waals surface area contributed by atoms with Crippen LogP contribution < -0.4 is 9.47 Å². The number of fused-ring (bicyclic) bond motifs is 1. The Bertz CT molecular complexity index is 1110. The van der Waals surface area contributed by atoms with Crippen molar-refractivity contribution in [1.82, 2.24) is 0 Å². The second kappa shape index (κ2) is 8.91. The van der Waals surface area contributed by atoms with Crippen molar-refractivity contribution in [3.05, 3.63) is 51.1 Å². The molecule has 3 heterocycles. The molecule has 2 aromatic heterocycles. The summed E-state index contributed by atoms with van der Waals surface area (Å²) in [5, 5.41) is 11.9. The van der Waals surface area contributed by atoms with E-state index in [0.29, 0.717) is 28.3 Å². The number of likely N-dealkylation sites (tertiary alicyclic amines) is 1. The smallest absolute Gasteiger partial charge is 0.433 e. The van der Waals surface area contributed by atoms with E-state index in [4.69, 9.17) is 13.9 Å². The fraction of sp³-hybridized carbons (Fsp3) is 0.435. The van der Waals surface area contributed by atoms with E-state index >= 15 is 0 Å². The maximum atomic E-state index is 13.3. The molecule has 1 fully saturated rings. The number of Topliss-reactive ketones (excluding diaryl/α,β-unsaturated/α-hetero) is 1. The number of hydrogen-bond donors (Lipinski definition) is 0. The number of carbonyl (C=O) groups excluding carboxylic acids is 1.